The number of benzene rings is 2. The summed E-state index contributed by atoms with van der Waals surface area (Å²) in [5.74, 6) is -1.72. The smallest absolute Gasteiger partial charge is 0.159 e. The number of hydrogen-bond acceptors (Lipinski definition) is 1. The lowest BCUT2D eigenvalue weighted by atomic mass is 9.83. The van der Waals surface area contributed by atoms with Crippen LogP contribution in [0.5, 0.6) is 0 Å². The molecule has 110 valence electrons. The van der Waals surface area contributed by atoms with Crippen LogP contribution >= 0.6 is 0 Å². The van der Waals surface area contributed by atoms with E-state index in [4.69, 9.17) is 0 Å². The molecule has 0 heterocycles. The Hall–Kier alpha value is -1.74. The molecule has 0 radical (unpaired) electrons. The lowest BCUT2D eigenvalue weighted by Gasteiger charge is -2.29. The van der Waals surface area contributed by atoms with E-state index in [2.05, 4.69) is 0 Å². The Bertz CT molecular complexity index is 653. The second kappa shape index (κ2) is 5.57. The van der Waals surface area contributed by atoms with Crippen molar-refractivity contribution < 1.29 is 13.9 Å². The summed E-state index contributed by atoms with van der Waals surface area (Å²) in [6.45, 7) is 0. The van der Waals surface area contributed by atoms with E-state index in [-0.39, 0.29) is 0 Å². The summed E-state index contributed by atoms with van der Waals surface area (Å²) < 4.78 is 26.4. The van der Waals surface area contributed by atoms with Gasteiger partial charge in [0.2, 0.25) is 0 Å². The minimum Gasteiger partial charge on any atom is -0.385 e. The molecule has 3 rings (SSSR count). The van der Waals surface area contributed by atoms with Gasteiger partial charge in [0, 0.05) is 6.42 Å². The molecule has 0 aromatic heterocycles. The molecule has 0 bridgehead atoms. The normalized spacial score (nSPS) is 21.7. The zero-order valence-electron chi connectivity index (χ0n) is 11.8. The van der Waals surface area contributed by atoms with E-state index in [9.17, 15) is 13.9 Å². The molecular formula is C18H18F2O. The van der Waals surface area contributed by atoms with E-state index in [1.807, 2.05) is 24.3 Å². The Balaban J connectivity index is 1.97. The van der Waals surface area contributed by atoms with Gasteiger partial charge in [0.1, 0.15) is 0 Å². The van der Waals surface area contributed by atoms with Gasteiger partial charge in [-0.25, -0.2) is 8.78 Å². The van der Waals surface area contributed by atoms with Crippen molar-refractivity contribution in [3.8, 4) is 0 Å². The summed E-state index contributed by atoms with van der Waals surface area (Å²) in [4.78, 5) is 0. The third kappa shape index (κ3) is 2.84. The number of fused-ring (bicyclic) bond motifs is 1. The lowest BCUT2D eigenvalue weighted by molar-refractivity contribution is 0.0271. The van der Waals surface area contributed by atoms with Gasteiger partial charge in [-0.3, -0.25) is 0 Å². The molecule has 0 aliphatic heterocycles. The highest BCUT2D eigenvalue weighted by molar-refractivity contribution is 5.35. The fourth-order valence-corrected chi connectivity index (χ4v) is 3.23. The number of rotatable bonds is 2. The Morgan fingerprint density at radius 1 is 1.00 bits per heavy atom. The molecule has 3 heteroatoms. The minimum absolute atomic E-state index is 0.307. The van der Waals surface area contributed by atoms with Crippen LogP contribution in [-0.2, 0) is 18.4 Å². The minimum atomic E-state index is -1.00. The molecule has 1 atom stereocenters. The van der Waals surface area contributed by atoms with Gasteiger partial charge in [0.05, 0.1) is 5.60 Å². The van der Waals surface area contributed by atoms with E-state index >= 15 is 0 Å². The Morgan fingerprint density at radius 3 is 2.62 bits per heavy atom. The van der Waals surface area contributed by atoms with Crippen molar-refractivity contribution in [2.45, 2.75) is 37.7 Å². The number of aliphatic hydroxyl groups is 1. The van der Waals surface area contributed by atoms with E-state index in [0.29, 0.717) is 18.4 Å². The summed E-state index contributed by atoms with van der Waals surface area (Å²) >= 11 is 0. The maximum absolute atomic E-state index is 13.4. The topological polar surface area (TPSA) is 20.2 Å². The van der Waals surface area contributed by atoms with Crippen LogP contribution in [0.25, 0.3) is 0 Å². The zero-order chi connectivity index (χ0) is 14.9. The van der Waals surface area contributed by atoms with Gasteiger partial charge >= 0.3 is 0 Å². The van der Waals surface area contributed by atoms with Gasteiger partial charge in [0.25, 0.3) is 0 Å². The molecule has 1 unspecified atom stereocenters. The highest BCUT2D eigenvalue weighted by Crippen LogP contribution is 2.36. The highest BCUT2D eigenvalue weighted by atomic mass is 19.2. The fourth-order valence-electron chi connectivity index (χ4n) is 3.23. The predicted molar refractivity (Wildman–Crippen MR) is 78.0 cm³/mol. The van der Waals surface area contributed by atoms with Crippen LogP contribution in [-0.4, -0.2) is 5.11 Å². The zero-order valence-corrected chi connectivity index (χ0v) is 11.8. The molecule has 21 heavy (non-hydrogen) atoms. The predicted octanol–water partition coefficient (Wildman–Crippen LogP) is 4.12. The third-order valence-corrected chi connectivity index (χ3v) is 4.29. The van der Waals surface area contributed by atoms with Gasteiger partial charge in [-0.1, -0.05) is 30.3 Å². The molecule has 1 aliphatic carbocycles. The summed E-state index contributed by atoms with van der Waals surface area (Å²) in [5.41, 5.74) is 1.69. The quantitative estimate of drug-likeness (QED) is 0.824. The Morgan fingerprint density at radius 2 is 1.81 bits per heavy atom. The number of hydrogen-bond donors (Lipinski definition) is 1. The summed E-state index contributed by atoms with van der Waals surface area (Å²) in [6.07, 6.45) is 3.87. The molecule has 2 aromatic rings. The van der Waals surface area contributed by atoms with E-state index in [1.54, 1.807) is 6.07 Å². The van der Waals surface area contributed by atoms with Gasteiger partial charge in [-0.2, -0.15) is 0 Å². The molecule has 0 saturated carbocycles. The second-order valence-corrected chi connectivity index (χ2v) is 5.82. The van der Waals surface area contributed by atoms with Crippen LogP contribution < -0.4 is 0 Å². The van der Waals surface area contributed by atoms with Crippen LogP contribution in [0.3, 0.4) is 0 Å². The Labute approximate surface area is 123 Å². The van der Waals surface area contributed by atoms with Crippen LogP contribution in [0.4, 0.5) is 8.78 Å². The van der Waals surface area contributed by atoms with Crippen molar-refractivity contribution in [1.29, 1.82) is 0 Å². The first-order valence-electron chi connectivity index (χ1n) is 7.33. The second-order valence-electron chi connectivity index (χ2n) is 5.82. The SMILES string of the molecule is OC1(Cc2ccc(F)c(F)c2)CCCCc2ccccc21. The van der Waals surface area contributed by atoms with E-state index in [0.717, 1.165) is 36.5 Å². The maximum Gasteiger partial charge on any atom is 0.159 e. The molecule has 2 aromatic carbocycles. The summed E-state index contributed by atoms with van der Waals surface area (Å²) in [7, 11) is 0. The monoisotopic (exact) mass is 288 g/mol. The van der Waals surface area contributed by atoms with Crippen molar-refractivity contribution in [1.82, 2.24) is 0 Å². The Kier molecular flexibility index (Phi) is 3.77. The van der Waals surface area contributed by atoms with Crippen LogP contribution in [0.15, 0.2) is 42.5 Å². The van der Waals surface area contributed by atoms with E-state index < -0.39 is 17.2 Å². The average molecular weight is 288 g/mol. The summed E-state index contributed by atoms with van der Waals surface area (Å²) in [6, 6.07) is 11.7. The van der Waals surface area contributed by atoms with E-state index in [1.165, 1.54) is 6.07 Å². The maximum atomic E-state index is 13.4. The molecule has 1 nitrogen and oxygen atoms in total. The summed E-state index contributed by atoms with van der Waals surface area (Å²) in [5, 5.41) is 11.1. The van der Waals surface area contributed by atoms with Crippen molar-refractivity contribution in [3.63, 3.8) is 0 Å². The van der Waals surface area contributed by atoms with Gasteiger partial charge in [-0.15, -0.1) is 0 Å². The fraction of sp³-hybridized carbons (Fsp3) is 0.333. The van der Waals surface area contributed by atoms with Crippen molar-refractivity contribution >= 4 is 0 Å². The average Bonchev–Trinajstić information content (AvgIpc) is 2.63. The van der Waals surface area contributed by atoms with Gasteiger partial charge in [0.15, 0.2) is 11.6 Å². The lowest BCUT2D eigenvalue weighted by Crippen LogP contribution is -2.29. The van der Waals surface area contributed by atoms with Crippen LogP contribution in [0.2, 0.25) is 0 Å². The first kappa shape index (κ1) is 14.2. The first-order chi connectivity index (χ1) is 10.1. The number of halogens is 2. The van der Waals surface area contributed by atoms with Crippen LogP contribution in [0, 0.1) is 11.6 Å². The molecule has 1 aliphatic rings. The molecule has 1 N–H and O–H groups in total. The molecule has 0 amide bonds. The highest BCUT2D eigenvalue weighted by Gasteiger charge is 2.33. The van der Waals surface area contributed by atoms with Gasteiger partial charge < -0.3 is 5.11 Å². The molecule has 0 spiro atoms. The van der Waals surface area contributed by atoms with Crippen molar-refractivity contribution in [2.75, 3.05) is 0 Å². The third-order valence-electron chi connectivity index (χ3n) is 4.29. The molecule has 0 fully saturated rings. The van der Waals surface area contributed by atoms with Gasteiger partial charge in [-0.05, 0) is 54.5 Å². The largest absolute Gasteiger partial charge is 0.385 e. The number of aryl methyl sites for hydroxylation is 1. The first-order valence-corrected chi connectivity index (χ1v) is 7.33. The van der Waals surface area contributed by atoms with Crippen molar-refractivity contribution in [3.05, 3.63) is 70.8 Å². The molecular weight excluding hydrogens is 270 g/mol. The molecule has 0 saturated heterocycles. The standard InChI is InChI=1S/C18H18F2O/c19-16-9-8-13(11-17(16)20)12-18(21)10-4-3-6-14-5-1-2-7-15(14)18/h1-2,5,7-9,11,21H,3-4,6,10,12H2. The van der Waals surface area contributed by atoms with Crippen LogP contribution in [0.1, 0.15) is 36.0 Å². The van der Waals surface area contributed by atoms with Crippen molar-refractivity contribution in [2.24, 2.45) is 0 Å².